The van der Waals surface area contributed by atoms with Gasteiger partial charge in [-0.15, -0.1) is 0 Å². The molecular formula is C21H18BrN3O2S. The van der Waals surface area contributed by atoms with Crippen LogP contribution in [-0.4, -0.2) is 31.8 Å². The molecule has 0 bridgehead atoms. The van der Waals surface area contributed by atoms with Crippen LogP contribution in [0.3, 0.4) is 0 Å². The number of hydrogen-bond acceptors (Lipinski definition) is 6. The van der Waals surface area contributed by atoms with E-state index in [1.54, 1.807) is 23.5 Å². The van der Waals surface area contributed by atoms with Crippen LogP contribution in [0.1, 0.15) is 5.56 Å². The predicted octanol–water partition coefficient (Wildman–Crippen LogP) is 4.78. The quantitative estimate of drug-likeness (QED) is 0.519. The number of carbonyl (C=O) groups excluding carboxylic acids is 1. The molecule has 1 unspecified atom stereocenters. The third-order valence-corrected chi connectivity index (χ3v) is 5.92. The Kier molecular flexibility index (Phi) is 5.45. The molecule has 3 aromatic rings. The first kappa shape index (κ1) is 18.7. The molecule has 1 atom stereocenters. The summed E-state index contributed by atoms with van der Waals surface area (Å²) in [7, 11) is 1.65. The highest BCUT2D eigenvalue weighted by molar-refractivity contribution is 9.10. The van der Waals surface area contributed by atoms with Crippen LogP contribution < -0.4 is 14.6 Å². The van der Waals surface area contributed by atoms with Crippen molar-refractivity contribution >= 4 is 50.6 Å². The molecule has 5 nitrogen and oxygen atoms in total. The second-order valence-corrected chi connectivity index (χ2v) is 7.87. The van der Waals surface area contributed by atoms with Crippen LogP contribution in [0.4, 0.5) is 11.4 Å². The van der Waals surface area contributed by atoms with Crippen LogP contribution in [0.2, 0.25) is 0 Å². The molecule has 0 aliphatic carbocycles. The van der Waals surface area contributed by atoms with Crippen molar-refractivity contribution in [3.8, 4) is 5.75 Å². The number of ether oxygens (including phenoxy) is 1. The van der Waals surface area contributed by atoms with Crippen LogP contribution in [0.5, 0.6) is 5.75 Å². The Morgan fingerprint density at radius 1 is 1.21 bits per heavy atom. The van der Waals surface area contributed by atoms with Crippen LogP contribution in [0.15, 0.2) is 74.9 Å². The number of para-hydroxylation sites is 1. The molecule has 1 aliphatic heterocycles. The molecule has 1 aromatic heterocycles. The Labute approximate surface area is 176 Å². The summed E-state index contributed by atoms with van der Waals surface area (Å²) in [6.07, 6.45) is 0.394. The zero-order valence-corrected chi connectivity index (χ0v) is 17.6. The fourth-order valence-corrected chi connectivity index (χ4v) is 4.31. The lowest BCUT2D eigenvalue weighted by molar-refractivity contribution is -0.109. The molecule has 0 spiro atoms. The topological polar surface area (TPSA) is 45.1 Å². The Morgan fingerprint density at radius 2 is 2.07 bits per heavy atom. The molecule has 0 radical (unpaired) electrons. The van der Waals surface area contributed by atoms with Crippen molar-refractivity contribution < 1.29 is 9.53 Å². The molecule has 2 heterocycles. The van der Waals surface area contributed by atoms with Crippen molar-refractivity contribution in [1.82, 2.24) is 0 Å². The minimum atomic E-state index is -0.539. The van der Waals surface area contributed by atoms with Gasteiger partial charge in [-0.3, -0.25) is 4.79 Å². The van der Waals surface area contributed by atoms with Gasteiger partial charge in [-0.25, -0.2) is 5.01 Å². The van der Waals surface area contributed by atoms with Crippen molar-refractivity contribution in [3.63, 3.8) is 0 Å². The standard InChI is InChI=1S/C21H18BrN3O2S/c1-27-17-6-4-5-15(11-17)19-12-24(16-9-10-28-14-16)21(13-26)25(23-19)20-8-3-2-7-18(20)22/h2-11,13-14,21H,12H2,1H3. The number of thiophene rings is 1. The average molecular weight is 456 g/mol. The Balaban J connectivity index is 1.85. The van der Waals surface area contributed by atoms with E-state index in [1.165, 1.54) is 0 Å². The predicted molar refractivity (Wildman–Crippen MR) is 118 cm³/mol. The monoisotopic (exact) mass is 455 g/mol. The van der Waals surface area contributed by atoms with E-state index in [1.807, 2.05) is 65.4 Å². The lowest BCUT2D eigenvalue weighted by Gasteiger charge is -2.40. The van der Waals surface area contributed by atoms with E-state index in [0.29, 0.717) is 6.54 Å². The molecule has 0 amide bonds. The van der Waals surface area contributed by atoms with Gasteiger partial charge in [-0.1, -0.05) is 24.3 Å². The van der Waals surface area contributed by atoms with Gasteiger partial charge >= 0.3 is 0 Å². The van der Waals surface area contributed by atoms with Gasteiger partial charge in [0.2, 0.25) is 0 Å². The lowest BCUT2D eigenvalue weighted by atomic mass is 10.1. The first-order valence-corrected chi connectivity index (χ1v) is 10.4. The minimum absolute atomic E-state index is 0.522. The molecule has 2 aromatic carbocycles. The number of nitrogens with zero attached hydrogens (tertiary/aromatic N) is 3. The van der Waals surface area contributed by atoms with Crippen LogP contribution >= 0.6 is 27.3 Å². The summed E-state index contributed by atoms with van der Waals surface area (Å²) in [6, 6.07) is 17.6. The summed E-state index contributed by atoms with van der Waals surface area (Å²) in [5, 5.41) is 10.7. The van der Waals surface area contributed by atoms with Gasteiger partial charge in [0.05, 0.1) is 25.1 Å². The molecule has 0 fully saturated rings. The first-order valence-electron chi connectivity index (χ1n) is 8.71. The second kappa shape index (κ2) is 8.16. The van der Waals surface area contributed by atoms with Gasteiger partial charge in [0, 0.05) is 21.1 Å². The molecule has 1 aliphatic rings. The third-order valence-electron chi connectivity index (χ3n) is 4.58. The molecule has 0 N–H and O–H groups in total. The van der Waals surface area contributed by atoms with Gasteiger partial charge < -0.3 is 9.64 Å². The zero-order valence-electron chi connectivity index (χ0n) is 15.2. The van der Waals surface area contributed by atoms with Gasteiger partial charge in [0.25, 0.3) is 0 Å². The van der Waals surface area contributed by atoms with Crippen molar-refractivity contribution in [2.24, 2.45) is 5.10 Å². The summed E-state index contributed by atoms with van der Waals surface area (Å²) in [5.41, 5.74) is 3.65. The lowest BCUT2D eigenvalue weighted by Crippen LogP contribution is -2.54. The number of methoxy groups -OCH3 is 1. The van der Waals surface area contributed by atoms with Crippen molar-refractivity contribution in [2.75, 3.05) is 23.6 Å². The fourth-order valence-electron chi connectivity index (χ4n) is 3.19. The van der Waals surface area contributed by atoms with Crippen molar-refractivity contribution in [1.29, 1.82) is 0 Å². The highest BCUT2D eigenvalue weighted by Crippen LogP contribution is 2.33. The number of hydrogen-bond donors (Lipinski definition) is 0. The van der Waals surface area contributed by atoms with Gasteiger partial charge in [0.1, 0.15) is 5.75 Å². The minimum Gasteiger partial charge on any atom is -0.497 e. The molecule has 0 saturated heterocycles. The Morgan fingerprint density at radius 3 is 2.79 bits per heavy atom. The Hall–Kier alpha value is -2.64. The van der Waals surface area contributed by atoms with E-state index >= 15 is 0 Å². The largest absolute Gasteiger partial charge is 0.497 e. The number of halogens is 1. The van der Waals surface area contributed by atoms with E-state index < -0.39 is 6.17 Å². The van der Waals surface area contributed by atoms with Crippen LogP contribution in [-0.2, 0) is 4.79 Å². The zero-order chi connectivity index (χ0) is 19.5. The van der Waals surface area contributed by atoms with Gasteiger partial charge in [-0.2, -0.15) is 16.4 Å². The highest BCUT2D eigenvalue weighted by atomic mass is 79.9. The summed E-state index contributed by atoms with van der Waals surface area (Å²) in [4.78, 5) is 14.2. The van der Waals surface area contributed by atoms with Crippen molar-refractivity contribution in [2.45, 2.75) is 6.17 Å². The van der Waals surface area contributed by atoms with E-state index in [4.69, 9.17) is 9.84 Å². The van der Waals surface area contributed by atoms with Gasteiger partial charge in [-0.05, 0) is 51.6 Å². The summed E-state index contributed by atoms with van der Waals surface area (Å²) in [6.45, 7) is 0.522. The maximum atomic E-state index is 12.1. The molecule has 7 heteroatoms. The molecular weight excluding hydrogens is 438 g/mol. The van der Waals surface area contributed by atoms with E-state index in [0.717, 1.165) is 39.2 Å². The van der Waals surface area contributed by atoms with Crippen LogP contribution in [0, 0.1) is 0 Å². The number of aldehydes is 1. The number of benzene rings is 2. The molecule has 0 saturated carbocycles. The maximum Gasteiger partial charge on any atom is 0.180 e. The van der Waals surface area contributed by atoms with Crippen molar-refractivity contribution in [3.05, 3.63) is 75.4 Å². The smallest absolute Gasteiger partial charge is 0.180 e. The van der Waals surface area contributed by atoms with Gasteiger partial charge in [0.15, 0.2) is 12.5 Å². The first-order chi connectivity index (χ1) is 13.7. The maximum absolute atomic E-state index is 12.1. The van der Waals surface area contributed by atoms with E-state index in [9.17, 15) is 4.79 Å². The summed E-state index contributed by atoms with van der Waals surface area (Å²) < 4.78 is 6.25. The van der Waals surface area contributed by atoms with E-state index in [2.05, 4.69) is 20.8 Å². The molecule has 4 rings (SSSR count). The third kappa shape index (κ3) is 3.55. The highest BCUT2D eigenvalue weighted by Gasteiger charge is 2.33. The SMILES string of the molecule is COc1cccc(C2=NN(c3ccccc3Br)C(C=O)N(c3ccsc3)C2)c1. The number of anilines is 2. The summed E-state index contributed by atoms with van der Waals surface area (Å²) in [5.74, 6) is 0.771. The molecule has 28 heavy (non-hydrogen) atoms. The normalized spacial score (nSPS) is 16.6. The van der Waals surface area contributed by atoms with Crippen LogP contribution in [0.25, 0.3) is 0 Å². The average Bonchev–Trinajstić information content (AvgIpc) is 3.28. The number of carbonyl (C=O) groups is 1. The number of rotatable bonds is 5. The summed E-state index contributed by atoms with van der Waals surface area (Å²) >= 11 is 5.20. The molecule has 142 valence electrons. The van der Waals surface area contributed by atoms with E-state index in [-0.39, 0.29) is 0 Å². The second-order valence-electron chi connectivity index (χ2n) is 6.23. The fraction of sp³-hybridized carbons (Fsp3) is 0.143. The Bertz CT molecular complexity index is 1010. The number of hydrazone groups is 1.